The Labute approximate surface area is 162 Å². The van der Waals surface area contributed by atoms with Gasteiger partial charge in [0.25, 0.3) is 0 Å². The zero-order valence-corrected chi connectivity index (χ0v) is 16.2. The van der Waals surface area contributed by atoms with Crippen LogP contribution in [0.2, 0.25) is 0 Å². The van der Waals surface area contributed by atoms with E-state index in [-0.39, 0.29) is 11.7 Å². The van der Waals surface area contributed by atoms with Gasteiger partial charge in [0.1, 0.15) is 11.3 Å². The molecule has 0 spiro atoms. The van der Waals surface area contributed by atoms with Crippen molar-refractivity contribution >= 4 is 11.0 Å². The fraction of sp³-hybridized carbons (Fsp3) is 0.381. The van der Waals surface area contributed by atoms with Gasteiger partial charge in [0.2, 0.25) is 0 Å². The van der Waals surface area contributed by atoms with E-state index < -0.39 is 0 Å². The van der Waals surface area contributed by atoms with Crippen LogP contribution in [-0.4, -0.2) is 42.7 Å². The predicted molar refractivity (Wildman–Crippen MR) is 106 cm³/mol. The Morgan fingerprint density at radius 3 is 2.54 bits per heavy atom. The molecule has 146 valence electrons. The minimum atomic E-state index is -0.207. The highest BCUT2D eigenvalue weighted by Gasteiger charge is 2.36. The summed E-state index contributed by atoms with van der Waals surface area (Å²) in [5.74, 6) is 2.29. The molecule has 0 unspecified atom stereocenters. The molecule has 0 radical (unpaired) electrons. The minimum absolute atomic E-state index is 0.203. The van der Waals surface area contributed by atoms with Gasteiger partial charge < -0.3 is 24.2 Å². The highest BCUT2D eigenvalue weighted by molar-refractivity contribution is 5.86. The van der Waals surface area contributed by atoms with Crippen LogP contribution in [0.25, 0.3) is 11.0 Å². The number of rotatable bonds is 3. The van der Waals surface area contributed by atoms with Crippen molar-refractivity contribution < 1.29 is 14.2 Å². The van der Waals surface area contributed by atoms with E-state index in [4.69, 9.17) is 14.2 Å². The highest BCUT2D eigenvalue weighted by Crippen LogP contribution is 2.46. The van der Waals surface area contributed by atoms with E-state index in [0.717, 1.165) is 48.5 Å². The van der Waals surface area contributed by atoms with Crippen LogP contribution < -0.4 is 19.9 Å². The molecule has 2 aliphatic heterocycles. The van der Waals surface area contributed by atoms with E-state index >= 15 is 0 Å². The van der Waals surface area contributed by atoms with Crippen LogP contribution in [0, 0.1) is 0 Å². The first-order chi connectivity index (χ1) is 13.6. The largest absolute Gasteiger partial charge is 0.494 e. The average Bonchev–Trinajstić information content (AvgIpc) is 3.11. The Balaban J connectivity index is 1.68. The zero-order valence-electron chi connectivity index (χ0n) is 16.2. The summed E-state index contributed by atoms with van der Waals surface area (Å²) in [6, 6.07) is 6.37. The fourth-order valence-corrected chi connectivity index (χ4v) is 4.82. The van der Waals surface area contributed by atoms with Crippen LogP contribution in [0.1, 0.15) is 28.3 Å². The molecule has 2 aromatic carbocycles. The predicted octanol–water partition coefficient (Wildman–Crippen LogP) is 2.54. The van der Waals surface area contributed by atoms with E-state index in [1.807, 2.05) is 6.07 Å². The Bertz CT molecular complexity index is 1130. The van der Waals surface area contributed by atoms with Gasteiger partial charge in [-0.15, -0.1) is 0 Å². The summed E-state index contributed by atoms with van der Waals surface area (Å²) < 4.78 is 16.7. The third-order valence-electron chi connectivity index (χ3n) is 6.08. The molecule has 1 aromatic heterocycles. The average molecular weight is 381 g/mol. The van der Waals surface area contributed by atoms with Crippen molar-refractivity contribution in [2.45, 2.75) is 25.4 Å². The lowest BCUT2D eigenvalue weighted by molar-refractivity contribution is 0.159. The Kier molecular flexibility index (Phi) is 3.87. The Hall–Kier alpha value is -2.93. The van der Waals surface area contributed by atoms with Gasteiger partial charge in [0, 0.05) is 24.7 Å². The molecule has 3 heterocycles. The molecular weight excluding hydrogens is 358 g/mol. The molecule has 0 bridgehead atoms. The molecule has 28 heavy (non-hydrogen) atoms. The molecule has 2 N–H and O–H groups in total. The van der Waals surface area contributed by atoms with Crippen LogP contribution in [0.5, 0.6) is 17.2 Å². The molecule has 0 saturated carbocycles. The number of H-pyrrole nitrogens is 2. The van der Waals surface area contributed by atoms with Crippen LogP contribution in [0.4, 0.5) is 0 Å². The molecule has 5 rings (SSSR count). The zero-order chi connectivity index (χ0) is 19.4. The number of nitrogens with one attached hydrogen (secondary N) is 2. The number of methoxy groups -OCH3 is 3. The summed E-state index contributed by atoms with van der Waals surface area (Å²) >= 11 is 0. The van der Waals surface area contributed by atoms with E-state index in [9.17, 15) is 4.79 Å². The molecule has 7 nitrogen and oxygen atoms in total. The van der Waals surface area contributed by atoms with Gasteiger partial charge >= 0.3 is 5.69 Å². The van der Waals surface area contributed by atoms with Gasteiger partial charge in [0.05, 0.1) is 26.8 Å². The maximum absolute atomic E-state index is 12.0. The summed E-state index contributed by atoms with van der Waals surface area (Å²) in [6.45, 7) is 1.74. The number of aromatic nitrogens is 2. The fourth-order valence-electron chi connectivity index (χ4n) is 4.82. The number of nitrogens with zero attached hydrogens (tertiary/aromatic N) is 1. The summed E-state index contributed by atoms with van der Waals surface area (Å²) in [7, 11) is 4.99. The van der Waals surface area contributed by atoms with E-state index in [1.165, 1.54) is 22.3 Å². The highest BCUT2D eigenvalue weighted by atomic mass is 16.5. The van der Waals surface area contributed by atoms with Gasteiger partial charge in [-0.05, 0) is 41.7 Å². The monoisotopic (exact) mass is 381 g/mol. The van der Waals surface area contributed by atoms with Crippen LogP contribution >= 0.6 is 0 Å². The molecule has 2 aliphatic rings. The van der Waals surface area contributed by atoms with Gasteiger partial charge in [-0.2, -0.15) is 0 Å². The first kappa shape index (κ1) is 17.2. The standard InChI is InChI=1S/C21H23N3O4/c1-26-15-5-4-11-8-14-17-12(6-7-24(14)10-13(11)20(15)28-3)9-16(27-2)18-19(17)23-21(25)22-18/h4-5,9,14H,6-8,10H2,1-3H3,(H2,22,23,25)/t14-/m0/s1. The molecule has 1 atom stereocenters. The first-order valence-corrected chi connectivity index (χ1v) is 9.43. The molecule has 0 aliphatic carbocycles. The smallest absolute Gasteiger partial charge is 0.323 e. The molecule has 0 amide bonds. The summed E-state index contributed by atoms with van der Waals surface area (Å²) in [6.07, 6.45) is 1.77. The van der Waals surface area contributed by atoms with Crippen LogP contribution in [0.15, 0.2) is 23.0 Å². The van der Waals surface area contributed by atoms with E-state index in [1.54, 1.807) is 21.3 Å². The second-order valence-corrected chi connectivity index (χ2v) is 7.36. The quantitative estimate of drug-likeness (QED) is 0.729. The third-order valence-corrected chi connectivity index (χ3v) is 6.08. The summed E-state index contributed by atoms with van der Waals surface area (Å²) in [5, 5.41) is 0. The summed E-state index contributed by atoms with van der Waals surface area (Å²) in [5.41, 5.74) is 6.28. The van der Waals surface area contributed by atoms with Crippen molar-refractivity contribution in [2.24, 2.45) is 0 Å². The van der Waals surface area contributed by atoms with Crippen molar-refractivity contribution in [3.8, 4) is 17.2 Å². The van der Waals surface area contributed by atoms with Crippen molar-refractivity contribution in [1.82, 2.24) is 14.9 Å². The normalized spacial score (nSPS) is 18.3. The lowest BCUT2D eigenvalue weighted by atomic mass is 9.83. The van der Waals surface area contributed by atoms with E-state index in [2.05, 4.69) is 27.0 Å². The molecule has 7 heteroatoms. The Morgan fingerprint density at radius 1 is 1.00 bits per heavy atom. The van der Waals surface area contributed by atoms with Gasteiger partial charge in [-0.3, -0.25) is 4.90 Å². The van der Waals surface area contributed by atoms with Gasteiger partial charge in [-0.25, -0.2) is 4.79 Å². The third kappa shape index (κ3) is 2.36. The maximum atomic E-state index is 12.0. The van der Waals surface area contributed by atoms with Crippen LogP contribution in [-0.2, 0) is 19.4 Å². The minimum Gasteiger partial charge on any atom is -0.494 e. The van der Waals surface area contributed by atoms with Crippen molar-refractivity contribution in [1.29, 1.82) is 0 Å². The van der Waals surface area contributed by atoms with Crippen molar-refractivity contribution in [3.63, 3.8) is 0 Å². The van der Waals surface area contributed by atoms with Gasteiger partial charge in [-0.1, -0.05) is 6.07 Å². The number of ether oxygens (including phenoxy) is 3. The van der Waals surface area contributed by atoms with Crippen molar-refractivity contribution in [3.05, 3.63) is 50.9 Å². The number of imidazole rings is 1. The molecule has 3 aromatic rings. The second kappa shape index (κ2) is 6.31. The number of hydrogen-bond acceptors (Lipinski definition) is 5. The van der Waals surface area contributed by atoms with E-state index in [0.29, 0.717) is 5.75 Å². The summed E-state index contributed by atoms with van der Waals surface area (Å²) in [4.78, 5) is 20.4. The van der Waals surface area contributed by atoms with Crippen LogP contribution in [0.3, 0.4) is 0 Å². The first-order valence-electron chi connectivity index (χ1n) is 9.43. The molecular formula is C21H23N3O4. The molecule has 0 fully saturated rings. The topological polar surface area (TPSA) is 79.6 Å². The Morgan fingerprint density at radius 2 is 1.79 bits per heavy atom. The lowest BCUT2D eigenvalue weighted by Crippen LogP contribution is -2.39. The number of hydrogen-bond donors (Lipinski definition) is 2. The molecule has 0 saturated heterocycles. The van der Waals surface area contributed by atoms with Crippen molar-refractivity contribution in [2.75, 3.05) is 27.9 Å². The van der Waals surface area contributed by atoms with Gasteiger partial charge in [0.15, 0.2) is 11.5 Å². The maximum Gasteiger partial charge on any atom is 0.323 e. The number of aromatic amines is 2. The second-order valence-electron chi connectivity index (χ2n) is 7.36. The number of benzene rings is 2. The SMILES string of the molecule is COc1ccc2c(c1OC)CN1CCc3cc(OC)c4[nH]c(=O)[nH]c4c3[C@@H]1C2. The lowest BCUT2D eigenvalue weighted by Gasteiger charge is -2.42. The number of fused-ring (bicyclic) bond motifs is 6.